The molecule has 5 heteroatoms. The summed E-state index contributed by atoms with van der Waals surface area (Å²) in [6.07, 6.45) is 3.12. The zero-order chi connectivity index (χ0) is 13.9. The van der Waals surface area contributed by atoms with Crippen molar-refractivity contribution in [3.63, 3.8) is 0 Å². The van der Waals surface area contributed by atoms with Gasteiger partial charge in [0, 0.05) is 31.9 Å². The highest BCUT2D eigenvalue weighted by Gasteiger charge is 2.23. The topological polar surface area (TPSA) is 47.1 Å². The molecule has 1 aromatic heterocycles. The summed E-state index contributed by atoms with van der Waals surface area (Å²) in [6.45, 7) is 5.29. The van der Waals surface area contributed by atoms with Gasteiger partial charge in [0.1, 0.15) is 0 Å². The average molecular weight is 307 g/mol. The molecule has 1 aromatic carbocycles. The van der Waals surface area contributed by atoms with Gasteiger partial charge in [-0.1, -0.05) is 25.1 Å². The minimum Gasteiger partial charge on any atom is -0.327 e. The number of hydrogen-bond donors (Lipinski definition) is 1. The van der Waals surface area contributed by atoms with Crippen LogP contribution in [0.5, 0.6) is 0 Å². The van der Waals surface area contributed by atoms with E-state index in [9.17, 15) is 0 Å². The maximum Gasteiger partial charge on any atom is 0.0769 e. The van der Waals surface area contributed by atoms with Gasteiger partial charge in [0.15, 0.2) is 0 Å². The Balaban J connectivity index is 0.00000161. The van der Waals surface area contributed by atoms with Crippen LogP contribution >= 0.6 is 12.4 Å². The molecule has 0 amide bonds. The summed E-state index contributed by atoms with van der Waals surface area (Å²) >= 11 is 0. The number of rotatable bonds is 3. The Hall–Kier alpha value is -1.36. The first-order valence-corrected chi connectivity index (χ1v) is 7.30. The molecule has 2 aromatic rings. The van der Waals surface area contributed by atoms with Gasteiger partial charge in [-0.15, -0.1) is 12.4 Å². The molecule has 1 aliphatic rings. The molecule has 1 fully saturated rings. The third-order valence-corrected chi connectivity index (χ3v) is 4.11. The Labute approximate surface area is 132 Å². The molecular weight excluding hydrogens is 284 g/mol. The number of nitrogens with two attached hydrogens (primary N) is 1. The number of para-hydroxylation sites is 1. The van der Waals surface area contributed by atoms with Crippen molar-refractivity contribution in [1.29, 1.82) is 0 Å². The molecule has 0 bridgehead atoms. The van der Waals surface area contributed by atoms with Crippen molar-refractivity contribution in [2.24, 2.45) is 11.7 Å². The van der Waals surface area contributed by atoms with Gasteiger partial charge in [-0.25, -0.2) is 4.68 Å². The molecule has 2 atom stereocenters. The Morgan fingerprint density at radius 3 is 2.71 bits per heavy atom. The number of aromatic nitrogens is 2. The SMILES string of the molecule is CC1CN(Cc2ccn(-c3ccccc3)n2)CCC1N.Cl. The van der Waals surface area contributed by atoms with Gasteiger partial charge in [-0.3, -0.25) is 4.90 Å². The molecule has 114 valence electrons. The fraction of sp³-hybridized carbons (Fsp3) is 0.438. The fourth-order valence-corrected chi connectivity index (χ4v) is 2.79. The molecule has 3 rings (SSSR count). The molecule has 1 saturated heterocycles. The number of halogens is 1. The first-order chi connectivity index (χ1) is 9.72. The summed E-state index contributed by atoms with van der Waals surface area (Å²) in [4.78, 5) is 2.45. The average Bonchev–Trinajstić information content (AvgIpc) is 2.92. The third kappa shape index (κ3) is 3.84. The fourth-order valence-electron chi connectivity index (χ4n) is 2.79. The van der Waals surface area contributed by atoms with Crippen molar-refractivity contribution in [3.8, 4) is 5.69 Å². The molecule has 0 radical (unpaired) electrons. The molecule has 0 spiro atoms. The smallest absolute Gasteiger partial charge is 0.0769 e. The Morgan fingerprint density at radius 2 is 2.00 bits per heavy atom. The third-order valence-electron chi connectivity index (χ3n) is 4.11. The number of piperidine rings is 1. The van der Waals surface area contributed by atoms with Gasteiger partial charge in [-0.05, 0) is 30.5 Å². The zero-order valence-corrected chi connectivity index (χ0v) is 13.2. The number of hydrogen-bond acceptors (Lipinski definition) is 3. The largest absolute Gasteiger partial charge is 0.327 e. The van der Waals surface area contributed by atoms with Gasteiger partial charge in [0.25, 0.3) is 0 Å². The Kier molecular flexibility index (Phi) is 5.39. The van der Waals surface area contributed by atoms with Crippen LogP contribution in [-0.2, 0) is 6.54 Å². The van der Waals surface area contributed by atoms with E-state index in [2.05, 4.69) is 35.1 Å². The zero-order valence-electron chi connectivity index (χ0n) is 12.4. The van der Waals surface area contributed by atoms with Crippen molar-refractivity contribution in [2.45, 2.75) is 25.9 Å². The van der Waals surface area contributed by atoms with E-state index in [0.29, 0.717) is 12.0 Å². The van der Waals surface area contributed by atoms with Crippen LogP contribution in [0.2, 0.25) is 0 Å². The van der Waals surface area contributed by atoms with Gasteiger partial charge in [-0.2, -0.15) is 5.10 Å². The normalized spacial score (nSPS) is 22.8. The maximum atomic E-state index is 6.07. The molecular formula is C16H23ClN4. The molecule has 2 N–H and O–H groups in total. The van der Waals surface area contributed by atoms with E-state index >= 15 is 0 Å². The summed E-state index contributed by atoms with van der Waals surface area (Å²) in [5.74, 6) is 0.569. The van der Waals surface area contributed by atoms with E-state index in [1.807, 2.05) is 29.1 Å². The van der Waals surface area contributed by atoms with E-state index < -0.39 is 0 Å². The summed E-state index contributed by atoms with van der Waals surface area (Å²) < 4.78 is 1.94. The van der Waals surface area contributed by atoms with Crippen molar-refractivity contribution in [1.82, 2.24) is 14.7 Å². The number of likely N-dealkylation sites (tertiary alicyclic amines) is 1. The van der Waals surface area contributed by atoms with Crippen LogP contribution in [-0.4, -0.2) is 33.8 Å². The van der Waals surface area contributed by atoms with Gasteiger partial charge in [0.05, 0.1) is 11.4 Å². The predicted molar refractivity (Wildman–Crippen MR) is 87.8 cm³/mol. The predicted octanol–water partition coefficient (Wildman–Crippen LogP) is 2.46. The molecule has 0 saturated carbocycles. The minimum absolute atomic E-state index is 0. The summed E-state index contributed by atoms with van der Waals surface area (Å²) in [6, 6.07) is 12.7. The van der Waals surface area contributed by atoms with Crippen molar-refractivity contribution in [2.75, 3.05) is 13.1 Å². The van der Waals surface area contributed by atoms with Crippen molar-refractivity contribution >= 4 is 12.4 Å². The molecule has 4 nitrogen and oxygen atoms in total. The van der Waals surface area contributed by atoms with E-state index in [1.54, 1.807) is 0 Å². The van der Waals surface area contributed by atoms with Gasteiger partial charge >= 0.3 is 0 Å². The van der Waals surface area contributed by atoms with Crippen LogP contribution in [0.4, 0.5) is 0 Å². The van der Waals surface area contributed by atoms with E-state index in [1.165, 1.54) is 0 Å². The van der Waals surface area contributed by atoms with Crippen LogP contribution in [0.25, 0.3) is 5.69 Å². The number of nitrogens with zero attached hydrogens (tertiary/aromatic N) is 3. The lowest BCUT2D eigenvalue weighted by Crippen LogP contribution is -2.45. The van der Waals surface area contributed by atoms with Crippen LogP contribution in [0.15, 0.2) is 42.6 Å². The lowest BCUT2D eigenvalue weighted by atomic mass is 9.95. The minimum atomic E-state index is 0. The van der Waals surface area contributed by atoms with Crippen LogP contribution < -0.4 is 5.73 Å². The number of benzene rings is 1. The highest BCUT2D eigenvalue weighted by Crippen LogP contribution is 2.17. The van der Waals surface area contributed by atoms with Gasteiger partial charge < -0.3 is 5.73 Å². The maximum absolute atomic E-state index is 6.07. The standard InChI is InChI=1S/C16H22N4.ClH/c1-13-11-19(9-8-16(13)17)12-14-7-10-20(18-14)15-5-3-2-4-6-15;/h2-7,10,13,16H,8-9,11-12,17H2,1H3;1H. The molecule has 1 aliphatic heterocycles. The Morgan fingerprint density at radius 1 is 1.24 bits per heavy atom. The summed E-state index contributed by atoms with van der Waals surface area (Å²) in [7, 11) is 0. The summed E-state index contributed by atoms with van der Waals surface area (Å²) in [5, 5.41) is 4.66. The Bertz CT molecular complexity index is 554. The second-order valence-electron chi connectivity index (χ2n) is 5.75. The highest BCUT2D eigenvalue weighted by molar-refractivity contribution is 5.85. The van der Waals surface area contributed by atoms with E-state index in [-0.39, 0.29) is 12.4 Å². The first kappa shape index (κ1) is 16.0. The lowest BCUT2D eigenvalue weighted by Gasteiger charge is -2.34. The molecule has 21 heavy (non-hydrogen) atoms. The second kappa shape index (κ2) is 7.07. The van der Waals surface area contributed by atoms with Crippen molar-refractivity contribution < 1.29 is 0 Å². The van der Waals surface area contributed by atoms with E-state index in [0.717, 1.165) is 37.4 Å². The molecule has 2 unspecified atom stereocenters. The summed E-state index contributed by atoms with van der Waals surface area (Å²) in [5.41, 5.74) is 8.29. The monoisotopic (exact) mass is 306 g/mol. The quantitative estimate of drug-likeness (QED) is 0.947. The van der Waals surface area contributed by atoms with Crippen LogP contribution in [0, 0.1) is 5.92 Å². The van der Waals surface area contributed by atoms with Crippen LogP contribution in [0.3, 0.4) is 0 Å². The van der Waals surface area contributed by atoms with E-state index in [4.69, 9.17) is 5.73 Å². The second-order valence-corrected chi connectivity index (χ2v) is 5.75. The first-order valence-electron chi connectivity index (χ1n) is 7.30. The highest BCUT2D eigenvalue weighted by atomic mass is 35.5. The molecule has 2 heterocycles. The molecule has 0 aliphatic carbocycles. The van der Waals surface area contributed by atoms with Crippen molar-refractivity contribution in [3.05, 3.63) is 48.3 Å². The van der Waals surface area contributed by atoms with Gasteiger partial charge in [0.2, 0.25) is 0 Å². The lowest BCUT2D eigenvalue weighted by molar-refractivity contribution is 0.156. The van der Waals surface area contributed by atoms with Crippen LogP contribution in [0.1, 0.15) is 19.0 Å².